The predicted octanol–water partition coefficient (Wildman–Crippen LogP) is 3.06. The van der Waals surface area contributed by atoms with Gasteiger partial charge in [-0.05, 0) is 23.8 Å². The average molecular weight is 389 g/mol. The van der Waals surface area contributed by atoms with E-state index in [1.807, 2.05) is 29.1 Å². The minimum absolute atomic E-state index is 0.116. The number of carbonyl (C=O) groups excluding carboxylic acids is 1. The van der Waals surface area contributed by atoms with E-state index in [0.29, 0.717) is 30.3 Å². The molecule has 0 saturated heterocycles. The SMILES string of the molecule is O=C(Cc1cccc(C(F)(F)F)c1)NCCNc1cc(-n2cccc2)ncn1. The molecule has 2 heterocycles. The van der Waals surface area contributed by atoms with Crippen LogP contribution in [0.2, 0.25) is 0 Å². The van der Waals surface area contributed by atoms with E-state index in [1.54, 1.807) is 6.07 Å². The zero-order valence-corrected chi connectivity index (χ0v) is 14.8. The fourth-order valence-electron chi connectivity index (χ4n) is 2.57. The Morgan fingerprint density at radius 3 is 2.57 bits per heavy atom. The Bertz CT molecular complexity index is 925. The molecule has 1 amide bonds. The third-order valence-corrected chi connectivity index (χ3v) is 3.89. The van der Waals surface area contributed by atoms with E-state index < -0.39 is 11.7 Å². The smallest absolute Gasteiger partial charge is 0.368 e. The summed E-state index contributed by atoms with van der Waals surface area (Å²) in [5.74, 6) is 0.957. The van der Waals surface area contributed by atoms with Crippen molar-refractivity contribution in [3.8, 4) is 5.82 Å². The molecule has 9 heteroatoms. The van der Waals surface area contributed by atoms with Crippen molar-refractivity contribution in [2.45, 2.75) is 12.6 Å². The zero-order chi connectivity index (χ0) is 20.0. The van der Waals surface area contributed by atoms with Crippen LogP contribution < -0.4 is 10.6 Å². The molecule has 0 aliphatic rings. The largest absolute Gasteiger partial charge is 0.416 e. The second-order valence-corrected chi connectivity index (χ2v) is 6.00. The summed E-state index contributed by atoms with van der Waals surface area (Å²) in [5.41, 5.74) is -0.450. The maximum atomic E-state index is 12.7. The number of nitrogens with one attached hydrogen (secondary N) is 2. The molecule has 2 aromatic heterocycles. The Morgan fingerprint density at radius 1 is 1.04 bits per heavy atom. The minimum Gasteiger partial charge on any atom is -0.368 e. The summed E-state index contributed by atoms with van der Waals surface area (Å²) >= 11 is 0. The predicted molar refractivity (Wildman–Crippen MR) is 98.0 cm³/mol. The highest BCUT2D eigenvalue weighted by Gasteiger charge is 2.30. The van der Waals surface area contributed by atoms with Crippen molar-refractivity contribution in [1.82, 2.24) is 19.9 Å². The van der Waals surface area contributed by atoms with Crippen LogP contribution in [-0.4, -0.2) is 33.5 Å². The van der Waals surface area contributed by atoms with Crippen molar-refractivity contribution in [3.63, 3.8) is 0 Å². The summed E-state index contributed by atoms with van der Waals surface area (Å²) in [6, 6.07) is 10.3. The second-order valence-electron chi connectivity index (χ2n) is 6.00. The molecule has 0 radical (unpaired) electrons. The van der Waals surface area contributed by atoms with Gasteiger partial charge >= 0.3 is 6.18 Å². The van der Waals surface area contributed by atoms with Crippen LogP contribution in [-0.2, 0) is 17.4 Å². The van der Waals surface area contributed by atoms with E-state index in [9.17, 15) is 18.0 Å². The first-order valence-electron chi connectivity index (χ1n) is 8.54. The van der Waals surface area contributed by atoms with Gasteiger partial charge in [0.25, 0.3) is 0 Å². The van der Waals surface area contributed by atoms with Crippen LogP contribution in [0.1, 0.15) is 11.1 Å². The first kappa shape index (κ1) is 19.4. The first-order chi connectivity index (χ1) is 13.4. The van der Waals surface area contributed by atoms with Gasteiger partial charge in [-0.2, -0.15) is 13.2 Å². The maximum Gasteiger partial charge on any atom is 0.416 e. The number of hydrogen-bond donors (Lipinski definition) is 2. The molecule has 3 rings (SSSR count). The Balaban J connectivity index is 1.46. The monoisotopic (exact) mass is 389 g/mol. The van der Waals surface area contributed by atoms with E-state index in [2.05, 4.69) is 20.6 Å². The number of amides is 1. The van der Waals surface area contributed by atoms with Gasteiger partial charge in [0.2, 0.25) is 5.91 Å². The number of hydrogen-bond acceptors (Lipinski definition) is 4. The lowest BCUT2D eigenvalue weighted by atomic mass is 10.1. The number of benzene rings is 1. The third-order valence-electron chi connectivity index (χ3n) is 3.89. The van der Waals surface area contributed by atoms with Crippen molar-refractivity contribution >= 4 is 11.7 Å². The lowest BCUT2D eigenvalue weighted by Gasteiger charge is -2.10. The molecule has 0 spiro atoms. The van der Waals surface area contributed by atoms with Gasteiger partial charge in [-0.25, -0.2) is 9.97 Å². The summed E-state index contributed by atoms with van der Waals surface area (Å²) in [6.07, 6.45) is 0.618. The molecule has 28 heavy (non-hydrogen) atoms. The minimum atomic E-state index is -4.42. The third kappa shape index (κ3) is 5.32. The Morgan fingerprint density at radius 2 is 1.82 bits per heavy atom. The molecule has 0 atom stereocenters. The molecular formula is C19H18F3N5O. The maximum absolute atomic E-state index is 12.7. The van der Waals surface area contributed by atoms with Gasteiger partial charge in [-0.3, -0.25) is 4.79 Å². The number of nitrogens with zero attached hydrogens (tertiary/aromatic N) is 3. The lowest BCUT2D eigenvalue weighted by Crippen LogP contribution is -2.30. The number of aromatic nitrogens is 3. The number of anilines is 1. The molecule has 0 unspecified atom stereocenters. The molecule has 6 nitrogen and oxygen atoms in total. The van der Waals surface area contributed by atoms with Gasteiger partial charge in [0, 0.05) is 31.5 Å². The molecule has 1 aromatic carbocycles. The topological polar surface area (TPSA) is 71.8 Å². The molecule has 0 fully saturated rings. The van der Waals surface area contributed by atoms with Crippen LogP contribution in [0.4, 0.5) is 19.0 Å². The van der Waals surface area contributed by atoms with Crippen molar-refractivity contribution in [3.05, 3.63) is 72.3 Å². The standard InChI is InChI=1S/C19H18F3N5O/c20-19(21,22)15-5-3-4-14(10-15)11-18(28)24-7-6-23-16-12-17(26-13-25-16)27-8-1-2-9-27/h1-5,8-10,12-13H,6-7,11H2,(H,24,28)(H,23,25,26). The molecule has 146 valence electrons. The quantitative estimate of drug-likeness (QED) is 0.610. The average Bonchev–Trinajstić information content (AvgIpc) is 3.20. The van der Waals surface area contributed by atoms with Gasteiger partial charge in [-0.1, -0.05) is 18.2 Å². The van der Waals surface area contributed by atoms with Crippen molar-refractivity contribution < 1.29 is 18.0 Å². The van der Waals surface area contributed by atoms with Gasteiger partial charge in [0.15, 0.2) is 0 Å². The summed E-state index contributed by atoms with van der Waals surface area (Å²) in [6.45, 7) is 0.719. The van der Waals surface area contributed by atoms with Crippen molar-refractivity contribution in [2.24, 2.45) is 0 Å². The van der Waals surface area contributed by atoms with Crippen LogP contribution in [0.25, 0.3) is 5.82 Å². The van der Waals surface area contributed by atoms with Crippen LogP contribution in [0.3, 0.4) is 0 Å². The Kier molecular flexibility index (Phi) is 5.93. The van der Waals surface area contributed by atoms with Crippen LogP contribution in [0.5, 0.6) is 0 Å². The van der Waals surface area contributed by atoms with E-state index in [-0.39, 0.29) is 12.3 Å². The Labute approximate surface area is 159 Å². The summed E-state index contributed by atoms with van der Waals surface area (Å²) in [4.78, 5) is 20.2. The number of rotatable bonds is 7. The molecule has 0 bridgehead atoms. The van der Waals surface area contributed by atoms with Gasteiger partial charge in [0.1, 0.15) is 18.0 Å². The second kappa shape index (κ2) is 8.55. The van der Waals surface area contributed by atoms with Crippen LogP contribution in [0.15, 0.2) is 61.2 Å². The number of halogens is 3. The highest BCUT2D eigenvalue weighted by molar-refractivity contribution is 5.78. The fraction of sp³-hybridized carbons (Fsp3) is 0.211. The van der Waals surface area contributed by atoms with Crippen LogP contribution >= 0.6 is 0 Å². The van der Waals surface area contributed by atoms with E-state index in [0.717, 1.165) is 12.1 Å². The highest BCUT2D eigenvalue weighted by Crippen LogP contribution is 2.29. The van der Waals surface area contributed by atoms with Gasteiger partial charge in [0.05, 0.1) is 12.0 Å². The molecule has 0 saturated carbocycles. The molecule has 0 aliphatic heterocycles. The van der Waals surface area contributed by atoms with Gasteiger partial charge < -0.3 is 15.2 Å². The number of carbonyl (C=O) groups is 1. The molecule has 3 aromatic rings. The van der Waals surface area contributed by atoms with E-state index in [4.69, 9.17) is 0 Å². The molecule has 2 N–H and O–H groups in total. The van der Waals surface area contributed by atoms with Crippen molar-refractivity contribution in [2.75, 3.05) is 18.4 Å². The zero-order valence-electron chi connectivity index (χ0n) is 14.8. The highest BCUT2D eigenvalue weighted by atomic mass is 19.4. The molecular weight excluding hydrogens is 371 g/mol. The Hall–Kier alpha value is -3.36. The number of alkyl halides is 3. The summed E-state index contributed by atoms with van der Waals surface area (Å²) in [5, 5.41) is 5.74. The van der Waals surface area contributed by atoms with Crippen molar-refractivity contribution in [1.29, 1.82) is 0 Å². The summed E-state index contributed by atoms with van der Waals surface area (Å²) in [7, 11) is 0. The summed E-state index contributed by atoms with van der Waals surface area (Å²) < 4.78 is 40.0. The normalized spacial score (nSPS) is 11.2. The molecule has 0 aliphatic carbocycles. The van der Waals surface area contributed by atoms with E-state index >= 15 is 0 Å². The van der Waals surface area contributed by atoms with E-state index in [1.165, 1.54) is 18.5 Å². The first-order valence-corrected chi connectivity index (χ1v) is 8.54. The fourth-order valence-corrected chi connectivity index (χ4v) is 2.57. The van der Waals surface area contributed by atoms with Gasteiger partial charge in [-0.15, -0.1) is 0 Å². The van der Waals surface area contributed by atoms with Crippen LogP contribution in [0, 0.1) is 0 Å². The lowest BCUT2D eigenvalue weighted by molar-refractivity contribution is -0.137.